The average Bonchev–Trinajstić information content (AvgIpc) is 2.83. The fourth-order valence-corrected chi connectivity index (χ4v) is 2.75. The van der Waals surface area contributed by atoms with Crippen LogP contribution >= 0.6 is 11.8 Å². The Hall–Kier alpha value is -1.36. The molecule has 1 aromatic carbocycles. The van der Waals surface area contributed by atoms with Gasteiger partial charge < -0.3 is 0 Å². The lowest BCUT2D eigenvalue weighted by Gasteiger charge is -2.08. The predicted octanol–water partition coefficient (Wildman–Crippen LogP) is 3.74. The molecule has 2 aromatic rings. The van der Waals surface area contributed by atoms with Crippen LogP contribution in [0.2, 0.25) is 0 Å². The Morgan fingerprint density at radius 1 is 1.10 bits per heavy atom. The maximum absolute atomic E-state index is 4.09. The Morgan fingerprint density at radius 2 is 1.80 bits per heavy atom. The van der Waals surface area contributed by atoms with Gasteiger partial charge in [-0.25, -0.2) is 4.68 Å². The molecule has 0 saturated heterocycles. The Kier molecular flexibility index (Phi) is 5.17. The van der Waals surface area contributed by atoms with Crippen LogP contribution in [-0.2, 0) is 12.3 Å². The SMILES string of the molecule is CC(C)Cn1nnnc1SCc1ccc(C(C)C)cc1. The van der Waals surface area contributed by atoms with Crippen LogP contribution in [0, 0.1) is 5.92 Å². The standard InChI is InChI=1S/C15H22N4S/c1-11(2)9-19-15(16-17-18-19)20-10-13-5-7-14(8-6-13)12(3)4/h5-8,11-12H,9-10H2,1-4H3. The maximum Gasteiger partial charge on any atom is 0.209 e. The Bertz CT molecular complexity index is 531. The molecule has 1 aromatic heterocycles. The normalized spacial score (nSPS) is 11.5. The van der Waals surface area contributed by atoms with Crippen LogP contribution < -0.4 is 0 Å². The van der Waals surface area contributed by atoms with Crippen LogP contribution in [0.25, 0.3) is 0 Å². The molecule has 1 heterocycles. The van der Waals surface area contributed by atoms with Gasteiger partial charge in [-0.1, -0.05) is 63.7 Å². The zero-order valence-corrected chi connectivity index (χ0v) is 13.4. The van der Waals surface area contributed by atoms with Gasteiger partial charge in [-0.3, -0.25) is 0 Å². The summed E-state index contributed by atoms with van der Waals surface area (Å²) in [5.74, 6) is 2.02. The molecule has 0 radical (unpaired) electrons. The number of tetrazole rings is 1. The Morgan fingerprint density at radius 3 is 2.40 bits per heavy atom. The summed E-state index contributed by atoms with van der Waals surface area (Å²) in [4.78, 5) is 0. The second kappa shape index (κ2) is 6.88. The fraction of sp³-hybridized carbons (Fsp3) is 0.533. The van der Waals surface area contributed by atoms with E-state index in [1.165, 1.54) is 11.1 Å². The van der Waals surface area contributed by atoms with Crippen molar-refractivity contribution < 1.29 is 0 Å². The van der Waals surface area contributed by atoms with E-state index in [1.807, 2.05) is 4.68 Å². The highest BCUT2D eigenvalue weighted by Gasteiger charge is 2.08. The van der Waals surface area contributed by atoms with E-state index in [-0.39, 0.29) is 0 Å². The van der Waals surface area contributed by atoms with Gasteiger partial charge in [0.15, 0.2) is 0 Å². The summed E-state index contributed by atoms with van der Waals surface area (Å²) in [6, 6.07) is 8.80. The number of rotatable bonds is 6. The van der Waals surface area contributed by atoms with Crippen LogP contribution in [0.3, 0.4) is 0 Å². The number of nitrogens with zero attached hydrogens (tertiary/aromatic N) is 4. The summed E-state index contributed by atoms with van der Waals surface area (Å²) in [6.07, 6.45) is 0. The van der Waals surface area contributed by atoms with Crippen molar-refractivity contribution in [2.75, 3.05) is 0 Å². The maximum atomic E-state index is 4.09. The van der Waals surface area contributed by atoms with Gasteiger partial charge >= 0.3 is 0 Å². The fourth-order valence-electron chi connectivity index (χ4n) is 1.91. The molecule has 0 atom stereocenters. The quantitative estimate of drug-likeness (QED) is 0.760. The number of benzene rings is 1. The second-order valence-electron chi connectivity index (χ2n) is 5.72. The molecule has 20 heavy (non-hydrogen) atoms. The van der Waals surface area contributed by atoms with Gasteiger partial charge in [0.2, 0.25) is 5.16 Å². The van der Waals surface area contributed by atoms with E-state index in [0.717, 1.165) is 17.5 Å². The van der Waals surface area contributed by atoms with Crippen molar-refractivity contribution >= 4 is 11.8 Å². The molecular formula is C15H22N4S. The van der Waals surface area contributed by atoms with Gasteiger partial charge in [-0.2, -0.15) is 0 Å². The van der Waals surface area contributed by atoms with Crippen LogP contribution in [0.1, 0.15) is 44.7 Å². The monoisotopic (exact) mass is 290 g/mol. The minimum atomic E-state index is 0.545. The Balaban J connectivity index is 1.96. The molecule has 0 aliphatic rings. The highest BCUT2D eigenvalue weighted by molar-refractivity contribution is 7.98. The van der Waals surface area contributed by atoms with E-state index in [9.17, 15) is 0 Å². The van der Waals surface area contributed by atoms with Crippen LogP contribution in [0.15, 0.2) is 29.4 Å². The summed E-state index contributed by atoms with van der Waals surface area (Å²) in [6.45, 7) is 9.62. The van der Waals surface area contributed by atoms with Crippen molar-refractivity contribution in [2.45, 2.75) is 51.1 Å². The lowest BCUT2D eigenvalue weighted by Crippen LogP contribution is -2.07. The summed E-state index contributed by atoms with van der Waals surface area (Å²) in [5.41, 5.74) is 2.68. The lowest BCUT2D eigenvalue weighted by molar-refractivity contribution is 0.446. The number of aromatic nitrogens is 4. The van der Waals surface area contributed by atoms with Crippen LogP contribution in [0.4, 0.5) is 0 Å². The van der Waals surface area contributed by atoms with Crippen molar-refractivity contribution in [3.8, 4) is 0 Å². The first-order valence-corrected chi connectivity index (χ1v) is 8.02. The highest BCUT2D eigenvalue weighted by Crippen LogP contribution is 2.22. The lowest BCUT2D eigenvalue weighted by atomic mass is 10.0. The van der Waals surface area contributed by atoms with Crippen molar-refractivity contribution in [2.24, 2.45) is 5.92 Å². The first-order valence-electron chi connectivity index (χ1n) is 7.04. The topological polar surface area (TPSA) is 43.6 Å². The molecule has 0 bridgehead atoms. The molecule has 108 valence electrons. The van der Waals surface area contributed by atoms with E-state index in [1.54, 1.807) is 11.8 Å². The van der Waals surface area contributed by atoms with Gasteiger partial charge in [0, 0.05) is 12.3 Å². The molecule has 5 heteroatoms. The van der Waals surface area contributed by atoms with Gasteiger partial charge in [-0.05, 0) is 33.4 Å². The number of hydrogen-bond donors (Lipinski definition) is 0. The molecule has 4 nitrogen and oxygen atoms in total. The molecule has 0 N–H and O–H groups in total. The molecule has 0 spiro atoms. The summed E-state index contributed by atoms with van der Waals surface area (Å²) < 4.78 is 1.89. The van der Waals surface area contributed by atoms with Crippen molar-refractivity contribution in [1.29, 1.82) is 0 Å². The second-order valence-corrected chi connectivity index (χ2v) is 6.66. The molecule has 0 aliphatic carbocycles. The van der Waals surface area contributed by atoms with Gasteiger partial charge in [0.1, 0.15) is 0 Å². The van der Waals surface area contributed by atoms with Crippen molar-refractivity contribution in [3.05, 3.63) is 35.4 Å². The average molecular weight is 290 g/mol. The highest BCUT2D eigenvalue weighted by atomic mass is 32.2. The third kappa shape index (κ3) is 4.07. The third-order valence-corrected chi connectivity index (χ3v) is 4.08. The number of thioether (sulfide) groups is 1. The molecule has 0 saturated carbocycles. The van der Waals surface area contributed by atoms with Crippen molar-refractivity contribution in [3.63, 3.8) is 0 Å². The summed E-state index contributed by atoms with van der Waals surface area (Å²) in [5, 5.41) is 12.8. The van der Waals surface area contributed by atoms with Gasteiger partial charge in [0.25, 0.3) is 0 Å². The largest absolute Gasteiger partial charge is 0.220 e. The minimum Gasteiger partial charge on any atom is -0.220 e. The summed E-state index contributed by atoms with van der Waals surface area (Å²) in [7, 11) is 0. The first kappa shape index (κ1) is 15.0. The molecule has 0 unspecified atom stereocenters. The van der Waals surface area contributed by atoms with E-state index >= 15 is 0 Å². The minimum absolute atomic E-state index is 0.545. The molecule has 0 fully saturated rings. The zero-order chi connectivity index (χ0) is 14.5. The smallest absolute Gasteiger partial charge is 0.209 e. The molecule has 2 rings (SSSR count). The molecule has 0 aliphatic heterocycles. The van der Waals surface area contributed by atoms with Gasteiger partial charge in [0.05, 0.1) is 0 Å². The summed E-state index contributed by atoms with van der Waals surface area (Å²) >= 11 is 1.69. The third-order valence-electron chi connectivity index (χ3n) is 3.05. The predicted molar refractivity (Wildman–Crippen MR) is 82.7 cm³/mol. The van der Waals surface area contributed by atoms with Crippen LogP contribution in [0.5, 0.6) is 0 Å². The van der Waals surface area contributed by atoms with E-state index in [2.05, 4.69) is 67.5 Å². The molecular weight excluding hydrogens is 268 g/mol. The number of hydrogen-bond acceptors (Lipinski definition) is 4. The van der Waals surface area contributed by atoms with Gasteiger partial charge in [-0.15, -0.1) is 5.10 Å². The van der Waals surface area contributed by atoms with E-state index in [0.29, 0.717) is 11.8 Å². The van der Waals surface area contributed by atoms with Crippen LogP contribution in [-0.4, -0.2) is 20.2 Å². The van der Waals surface area contributed by atoms with Crippen molar-refractivity contribution in [1.82, 2.24) is 20.2 Å². The van der Waals surface area contributed by atoms with E-state index in [4.69, 9.17) is 0 Å². The molecule has 0 amide bonds. The zero-order valence-electron chi connectivity index (χ0n) is 12.6. The Labute approximate surface area is 125 Å². The van der Waals surface area contributed by atoms with E-state index < -0.39 is 0 Å². The first-order chi connectivity index (χ1) is 9.56.